The van der Waals surface area contributed by atoms with Crippen LogP contribution in [-0.4, -0.2) is 33.6 Å². The van der Waals surface area contributed by atoms with Crippen molar-refractivity contribution in [3.8, 4) is 0 Å². The normalized spacial score (nSPS) is 17.3. The average Bonchev–Trinajstić information content (AvgIpc) is 3.09. The van der Waals surface area contributed by atoms with Crippen molar-refractivity contribution < 1.29 is 4.39 Å². The van der Waals surface area contributed by atoms with Crippen molar-refractivity contribution in [3.63, 3.8) is 0 Å². The Morgan fingerprint density at radius 2 is 1.83 bits per heavy atom. The van der Waals surface area contributed by atoms with Gasteiger partial charge in [-0.1, -0.05) is 24.3 Å². The highest BCUT2D eigenvalue weighted by atomic mass is 19.1. The monoisotopic (exact) mass is 394 g/mol. The molecule has 0 spiro atoms. The van der Waals surface area contributed by atoms with E-state index >= 15 is 0 Å². The van der Waals surface area contributed by atoms with Gasteiger partial charge in [0.1, 0.15) is 11.6 Å². The van der Waals surface area contributed by atoms with Crippen molar-refractivity contribution in [2.45, 2.75) is 58.3 Å². The van der Waals surface area contributed by atoms with Gasteiger partial charge in [-0.05, 0) is 76.5 Å². The molecule has 3 aromatic rings. The van der Waals surface area contributed by atoms with Crippen LogP contribution in [0.2, 0.25) is 0 Å². The van der Waals surface area contributed by atoms with E-state index in [0.29, 0.717) is 12.1 Å². The fourth-order valence-electron chi connectivity index (χ4n) is 4.49. The second-order valence-corrected chi connectivity index (χ2v) is 8.49. The summed E-state index contributed by atoms with van der Waals surface area (Å²) in [6, 6.07) is 16.4. The van der Waals surface area contributed by atoms with Crippen molar-refractivity contribution in [1.29, 1.82) is 0 Å². The van der Waals surface area contributed by atoms with E-state index in [1.807, 2.05) is 6.07 Å². The maximum absolute atomic E-state index is 13.4. The molecule has 0 bridgehead atoms. The number of nitrogens with zero attached hydrogens (tertiary/aromatic N) is 3. The fourth-order valence-corrected chi connectivity index (χ4v) is 4.49. The maximum atomic E-state index is 13.4. The number of hydrogen-bond donors (Lipinski definition) is 1. The Bertz CT molecular complexity index is 956. The van der Waals surface area contributed by atoms with E-state index in [9.17, 15) is 4.39 Å². The number of nitrogens with one attached hydrogen (secondary N) is 1. The van der Waals surface area contributed by atoms with E-state index in [-0.39, 0.29) is 11.9 Å². The van der Waals surface area contributed by atoms with E-state index < -0.39 is 0 Å². The summed E-state index contributed by atoms with van der Waals surface area (Å²) in [5, 5.41) is 3.81. The smallest absolute Gasteiger partial charge is 0.127 e. The Hall–Kier alpha value is -2.24. The van der Waals surface area contributed by atoms with Crippen molar-refractivity contribution in [3.05, 3.63) is 65.7 Å². The summed E-state index contributed by atoms with van der Waals surface area (Å²) in [5.41, 5.74) is 3.32. The molecule has 2 heterocycles. The summed E-state index contributed by atoms with van der Waals surface area (Å²) in [7, 11) is 0. The van der Waals surface area contributed by atoms with Crippen LogP contribution >= 0.6 is 0 Å². The topological polar surface area (TPSA) is 33.1 Å². The Balaban J connectivity index is 1.38. The highest BCUT2D eigenvalue weighted by Gasteiger charge is 2.24. The molecule has 1 saturated heterocycles. The number of imidazole rings is 1. The zero-order valence-corrected chi connectivity index (χ0v) is 17.6. The minimum atomic E-state index is -0.152. The second-order valence-electron chi connectivity index (χ2n) is 8.49. The van der Waals surface area contributed by atoms with Gasteiger partial charge < -0.3 is 9.88 Å². The number of para-hydroxylation sites is 2. The van der Waals surface area contributed by atoms with Crippen LogP contribution < -0.4 is 5.32 Å². The molecule has 29 heavy (non-hydrogen) atoms. The summed E-state index contributed by atoms with van der Waals surface area (Å²) >= 11 is 0. The molecule has 2 aromatic carbocycles. The van der Waals surface area contributed by atoms with Crippen molar-refractivity contribution in [2.24, 2.45) is 0 Å². The Morgan fingerprint density at radius 3 is 2.55 bits per heavy atom. The molecule has 154 valence electrons. The lowest BCUT2D eigenvalue weighted by molar-refractivity contribution is 0.184. The molecule has 1 N–H and O–H groups in total. The summed E-state index contributed by atoms with van der Waals surface area (Å²) < 4.78 is 15.8. The van der Waals surface area contributed by atoms with Gasteiger partial charge in [0, 0.05) is 18.6 Å². The zero-order chi connectivity index (χ0) is 20.4. The van der Waals surface area contributed by atoms with Gasteiger partial charge >= 0.3 is 0 Å². The van der Waals surface area contributed by atoms with Crippen LogP contribution in [0.25, 0.3) is 11.0 Å². The second kappa shape index (κ2) is 8.64. The number of piperidine rings is 1. The third-order valence-corrected chi connectivity index (χ3v) is 5.90. The van der Waals surface area contributed by atoms with Gasteiger partial charge in [0.25, 0.3) is 0 Å². The molecule has 1 aliphatic rings. The Labute approximate surface area is 172 Å². The standard InChI is InChI=1S/C24H31FN4/c1-17(2)29-23-10-5-4-9-22(23)27-24(29)18(3)26-21-11-13-28(14-12-21)16-19-7-6-8-20(25)15-19/h4-10,15,17-18,21,26H,11-14,16H2,1-3H3. The molecule has 0 amide bonds. The molecule has 0 aliphatic carbocycles. The number of aromatic nitrogens is 2. The lowest BCUT2D eigenvalue weighted by Crippen LogP contribution is -2.43. The molecule has 5 heteroatoms. The number of benzene rings is 2. The first kappa shape index (κ1) is 20.0. The van der Waals surface area contributed by atoms with Gasteiger partial charge in [0.05, 0.1) is 17.1 Å². The van der Waals surface area contributed by atoms with Gasteiger partial charge in [-0.25, -0.2) is 9.37 Å². The molecule has 1 fully saturated rings. The molecule has 1 unspecified atom stereocenters. The van der Waals surface area contributed by atoms with E-state index in [0.717, 1.165) is 49.4 Å². The molecule has 1 aliphatic heterocycles. The van der Waals surface area contributed by atoms with Crippen LogP contribution in [0.4, 0.5) is 4.39 Å². The average molecular weight is 395 g/mol. The quantitative estimate of drug-likeness (QED) is 0.633. The first-order valence-corrected chi connectivity index (χ1v) is 10.7. The molecule has 0 radical (unpaired) electrons. The van der Waals surface area contributed by atoms with Crippen LogP contribution in [0.1, 0.15) is 57.1 Å². The number of fused-ring (bicyclic) bond motifs is 1. The number of halogens is 1. The lowest BCUT2D eigenvalue weighted by Gasteiger charge is -2.34. The third kappa shape index (κ3) is 4.51. The van der Waals surface area contributed by atoms with Crippen molar-refractivity contribution in [1.82, 2.24) is 19.8 Å². The predicted octanol–water partition coefficient (Wildman–Crippen LogP) is 5.07. The van der Waals surface area contributed by atoms with Crippen molar-refractivity contribution in [2.75, 3.05) is 13.1 Å². The first-order valence-electron chi connectivity index (χ1n) is 10.7. The molecule has 4 nitrogen and oxygen atoms in total. The van der Waals surface area contributed by atoms with Gasteiger partial charge in [-0.15, -0.1) is 0 Å². The predicted molar refractivity (Wildman–Crippen MR) is 116 cm³/mol. The van der Waals surface area contributed by atoms with Gasteiger partial charge in [-0.3, -0.25) is 4.90 Å². The SMILES string of the molecule is CC(NC1CCN(Cc2cccc(F)c2)CC1)c1nc2ccccc2n1C(C)C. The number of rotatable bonds is 6. The largest absolute Gasteiger partial charge is 0.324 e. The van der Waals surface area contributed by atoms with Crippen molar-refractivity contribution >= 4 is 11.0 Å². The van der Waals surface area contributed by atoms with E-state index in [2.05, 4.69) is 59.8 Å². The Kier molecular flexibility index (Phi) is 5.97. The summed E-state index contributed by atoms with van der Waals surface area (Å²) in [4.78, 5) is 7.35. The first-order chi connectivity index (χ1) is 14.0. The Morgan fingerprint density at radius 1 is 1.07 bits per heavy atom. The van der Waals surface area contributed by atoms with Crippen LogP contribution in [0.3, 0.4) is 0 Å². The summed E-state index contributed by atoms with van der Waals surface area (Å²) in [6.07, 6.45) is 2.20. The molecular weight excluding hydrogens is 363 g/mol. The van der Waals surface area contributed by atoms with Crippen LogP contribution in [0.15, 0.2) is 48.5 Å². The minimum Gasteiger partial charge on any atom is -0.324 e. The molecule has 1 aromatic heterocycles. The van der Waals surface area contributed by atoms with E-state index in [1.54, 1.807) is 12.1 Å². The van der Waals surface area contributed by atoms with Gasteiger partial charge in [0.2, 0.25) is 0 Å². The number of likely N-dealkylation sites (tertiary alicyclic amines) is 1. The van der Waals surface area contributed by atoms with Gasteiger partial charge in [0.15, 0.2) is 0 Å². The minimum absolute atomic E-state index is 0.152. The summed E-state index contributed by atoms with van der Waals surface area (Å²) in [5.74, 6) is 0.962. The fraction of sp³-hybridized carbons (Fsp3) is 0.458. The van der Waals surface area contributed by atoms with E-state index in [4.69, 9.17) is 4.98 Å². The van der Waals surface area contributed by atoms with E-state index in [1.165, 1.54) is 11.6 Å². The number of hydrogen-bond acceptors (Lipinski definition) is 3. The lowest BCUT2D eigenvalue weighted by atomic mass is 10.0. The molecule has 0 saturated carbocycles. The van der Waals surface area contributed by atoms with Crippen LogP contribution in [0.5, 0.6) is 0 Å². The third-order valence-electron chi connectivity index (χ3n) is 5.90. The van der Waals surface area contributed by atoms with Crippen LogP contribution in [0, 0.1) is 5.82 Å². The molecule has 4 rings (SSSR count). The highest BCUT2D eigenvalue weighted by Crippen LogP contribution is 2.26. The molecule has 1 atom stereocenters. The summed E-state index contributed by atoms with van der Waals surface area (Å²) in [6.45, 7) is 9.54. The van der Waals surface area contributed by atoms with Gasteiger partial charge in [-0.2, -0.15) is 0 Å². The van der Waals surface area contributed by atoms with Crippen LogP contribution in [-0.2, 0) is 6.54 Å². The maximum Gasteiger partial charge on any atom is 0.127 e. The zero-order valence-electron chi connectivity index (χ0n) is 17.6. The molecular formula is C24H31FN4. The highest BCUT2D eigenvalue weighted by molar-refractivity contribution is 5.76.